The predicted molar refractivity (Wildman–Crippen MR) is 98.2 cm³/mol. The Kier molecular flexibility index (Phi) is 4.58. The van der Waals surface area contributed by atoms with Crippen LogP contribution in [0, 0.1) is 0 Å². The highest BCUT2D eigenvalue weighted by Gasteiger charge is 2.35. The van der Waals surface area contributed by atoms with E-state index in [0.717, 1.165) is 6.42 Å². The fourth-order valence-corrected chi connectivity index (χ4v) is 3.38. The zero-order valence-electron chi connectivity index (χ0n) is 14.9. The number of likely N-dealkylation sites (tertiary alicyclic amines) is 1. The molecular formula is C20H20N2O5. The zero-order valence-corrected chi connectivity index (χ0v) is 14.9. The van der Waals surface area contributed by atoms with Crippen molar-refractivity contribution in [2.45, 2.75) is 18.9 Å². The number of anilines is 1. The van der Waals surface area contributed by atoms with E-state index >= 15 is 0 Å². The summed E-state index contributed by atoms with van der Waals surface area (Å²) in [5, 5.41) is 2.88. The second-order valence-corrected chi connectivity index (χ2v) is 6.44. The Bertz CT molecular complexity index is 865. The van der Waals surface area contributed by atoms with Crippen LogP contribution in [0.1, 0.15) is 23.2 Å². The van der Waals surface area contributed by atoms with Crippen LogP contribution in [0.15, 0.2) is 42.5 Å². The van der Waals surface area contributed by atoms with Gasteiger partial charge in [0.05, 0.1) is 7.11 Å². The van der Waals surface area contributed by atoms with Crippen LogP contribution in [0.2, 0.25) is 0 Å². The van der Waals surface area contributed by atoms with Crippen LogP contribution in [0.4, 0.5) is 5.69 Å². The van der Waals surface area contributed by atoms with Crippen molar-refractivity contribution in [3.05, 3.63) is 48.0 Å². The van der Waals surface area contributed by atoms with E-state index < -0.39 is 6.04 Å². The van der Waals surface area contributed by atoms with Gasteiger partial charge in [0.2, 0.25) is 12.7 Å². The van der Waals surface area contributed by atoms with Crippen molar-refractivity contribution in [3.63, 3.8) is 0 Å². The van der Waals surface area contributed by atoms with Crippen molar-refractivity contribution in [1.82, 2.24) is 4.90 Å². The number of hydrogen-bond donors (Lipinski definition) is 1. The first-order valence-electron chi connectivity index (χ1n) is 8.81. The Morgan fingerprint density at radius 3 is 2.67 bits per heavy atom. The highest BCUT2D eigenvalue weighted by Crippen LogP contribution is 2.33. The third kappa shape index (κ3) is 3.40. The number of benzene rings is 2. The van der Waals surface area contributed by atoms with Crippen LogP contribution in [-0.4, -0.2) is 43.2 Å². The average Bonchev–Trinajstić information content (AvgIpc) is 3.36. The number of fused-ring (bicyclic) bond motifs is 1. The van der Waals surface area contributed by atoms with Gasteiger partial charge in [0.15, 0.2) is 11.5 Å². The number of hydrogen-bond acceptors (Lipinski definition) is 5. The lowest BCUT2D eigenvalue weighted by Gasteiger charge is -2.24. The van der Waals surface area contributed by atoms with Gasteiger partial charge in [0, 0.05) is 17.8 Å². The molecule has 7 heteroatoms. The Morgan fingerprint density at radius 2 is 1.89 bits per heavy atom. The Morgan fingerprint density at radius 1 is 1.11 bits per heavy atom. The molecule has 2 heterocycles. The normalized spacial score (nSPS) is 17.7. The SMILES string of the molecule is COc1ccc(NC(=O)[C@@H]2CCCN2C(=O)c2ccc3c(c2)OCO3)cc1. The van der Waals surface area contributed by atoms with E-state index in [9.17, 15) is 9.59 Å². The number of amides is 2. The first-order valence-corrected chi connectivity index (χ1v) is 8.81. The molecule has 1 saturated heterocycles. The quantitative estimate of drug-likeness (QED) is 0.898. The molecule has 140 valence electrons. The van der Waals surface area contributed by atoms with Gasteiger partial charge in [-0.05, 0) is 55.3 Å². The summed E-state index contributed by atoms with van der Waals surface area (Å²) in [5.41, 5.74) is 1.16. The molecule has 1 fully saturated rings. The molecule has 0 spiro atoms. The molecule has 0 bridgehead atoms. The van der Waals surface area contributed by atoms with Gasteiger partial charge in [0.25, 0.3) is 5.91 Å². The van der Waals surface area contributed by atoms with Gasteiger partial charge in [-0.2, -0.15) is 0 Å². The maximum absolute atomic E-state index is 12.9. The second kappa shape index (κ2) is 7.19. The van der Waals surface area contributed by atoms with Gasteiger partial charge in [0.1, 0.15) is 11.8 Å². The van der Waals surface area contributed by atoms with Crippen molar-refractivity contribution in [1.29, 1.82) is 0 Å². The molecule has 1 N–H and O–H groups in total. The van der Waals surface area contributed by atoms with Crippen molar-refractivity contribution in [3.8, 4) is 17.2 Å². The smallest absolute Gasteiger partial charge is 0.254 e. The average molecular weight is 368 g/mol. The monoisotopic (exact) mass is 368 g/mol. The molecule has 0 aliphatic carbocycles. The number of methoxy groups -OCH3 is 1. The molecule has 2 aliphatic heterocycles. The van der Waals surface area contributed by atoms with Gasteiger partial charge in [-0.15, -0.1) is 0 Å². The summed E-state index contributed by atoms with van der Waals surface area (Å²) in [6, 6.07) is 11.7. The molecule has 0 radical (unpaired) electrons. The minimum Gasteiger partial charge on any atom is -0.497 e. The van der Waals surface area contributed by atoms with Crippen LogP contribution in [0.25, 0.3) is 0 Å². The largest absolute Gasteiger partial charge is 0.497 e. The summed E-state index contributed by atoms with van der Waals surface area (Å²) >= 11 is 0. The summed E-state index contributed by atoms with van der Waals surface area (Å²) in [7, 11) is 1.59. The fourth-order valence-electron chi connectivity index (χ4n) is 3.38. The van der Waals surface area contributed by atoms with Crippen molar-refractivity contribution >= 4 is 17.5 Å². The van der Waals surface area contributed by atoms with Gasteiger partial charge in [-0.3, -0.25) is 9.59 Å². The zero-order chi connectivity index (χ0) is 18.8. The molecular weight excluding hydrogens is 348 g/mol. The van der Waals surface area contributed by atoms with Crippen LogP contribution < -0.4 is 19.5 Å². The summed E-state index contributed by atoms with van der Waals surface area (Å²) in [6.45, 7) is 0.706. The van der Waals surface area contributed by atoms with E-state index in [1.54, 1.807) is 54.5 Å². The van der Waals surface area contributed by atoms with Crippen LogP contribution in [0.3, 0.4) is 0 Å². The lowest BCUT2D eigenvalue weighted by molar-refractivity contribution is -0.119. The first-order chi connectivity index (χ1) is 13.2. The van der Waals surface area contributed by atoms with E-state index in [2.05, 4.69) is 5.32 Å². The van der Waals surface area contributed by atoms with Crippen LogP contribution >= 0.6 is 0 Å². The van der Waals surface area contributed by atoms with E-state index in [1.165, 1.54) is 0 Å². The maximum Gasteiger partial charge on any atom is 0.254 e. The Hall–Kier alpha value is -3.22. The van der Waals surface area contributed by atoms with Crippen molar-refractivity contribution in [2.24, 2.45) is 0 Å². The lowest BCUT2D eigenvalue weighted by Crippen LogP contribution is -2.43. The highest BCUT2D eigenvalue weighted by molar-refractivity contribution is 6.01. The Balaban J connectivity index is 1.47. The number of nitrogens with one attached hydrogen (secondary N) is 1. The van der Waals surface area contributed by atoms with Crippen molar-refractivity contribution in [2.75, 3.05) is 25.8 Å². The molecule has 0 saturated carbocycles. The second-order valence-electron chi connectivity index (χ2n) is 6.44. The molecule has 27 heavy (non-hydrogen) atoms. The van der Waals surface area contributed by atoms with E-state index in [0.29, 0.717) is 41.5 Å². The number of carbonyl (C=O) groups excluding carboxylic acids is 2. The first kappa shape index (κ1) is 17.2. The molecule has 0 unspecified atom stereocenters. The molecule has 0 aromatic heterocycles. The summed E-state index contributed by atoms with van der Waals surface area (Å²) in [5.74, 6) is 1.53. The molecule has 2 amide bonds. The number of carbonyl (C=O) groups is 2. The number of ether oxygens (including phenoxy) is 3. The molecule has 7 nitrogen and oxygen atoms in total. The van der Waals surface area contributed by atoms with Gasteiger partial charge >= 0.3 is 0 Å². The van der Waals surface area contributed by atoms with Crippen LogP contribution in [0.5, 0.6) is 17.2 Å². The molecule has 2 aromatic rings. The third-order valence-corrected chi connectivity index (χ3v) is 4.79. The van der Waals surface area contributed by atoms with Gasteiger partial charge < -0.3 is 24.4 Å². The summed E-state index contributed by atoms with van der Waals surface area (Å²) in [4.78, 5) is 27.3. The lowest BCUT2D eigenvalue weighted by atomic mass is 10.1. The standard InChI is InChI=1S/C20H20N2O5/c1-25-15-7-5-14(6-8-15)21-19(23)16-3-2-10-22(16)20(24)13-4-9-17-18(11-13)27-12-26-17/h4-9,11,16H,2-3,10,12H2,1H3,(H,21,23)/t16-/m0/s1. The van der Waals surface area contributed by atoms with Gasteiger partial charge in [-0.1, -0.05) is 0 Å². The molecule has 2 aliphatic rings. The molecule has 1 atom stereocenters. The summed E-state index contributed by atoms with van der Waals surface area (Å²) < 4.78 is 15.7. The number of rotatable bonds is 4. The fraction of sp³-hybridized carbons (Fsp3) is 0.300. The van der Waals surface area contributed by atoms with Gasteiger partial charge in [-0.25, -0.2) is 0 Å². The minimum absolute atomic E-state index is 0.156. The Labute approximate surface area is 156 Å². The third-order valence-electron chi connectivity index (χ3n) is 4.79. The van der Waals surface area contributed by atoms with E-state index in [-0.39, 0.29) is 18.6 Å². The topological polar surface area (TPSA) is 77.1 Å². The molecule has 4 rings (SSSR count). The predicted octanol–water partition coefficient (Wildman–Crippen LogP) is 2.67. The van der Waals surface area contributed by atoms with Crippen LogP contribution in [-0.2, 0) is 4.79 Å². The minimum atomic E-state index is -0.495. The molecule has 2 aromatic carbocycles. The number of nitrogens with zero attached hydrogens (tertiary/aromatic N) is 1. The summed E-state index contributed by atoms with van der Waals surface area (Å²) in [6.07, 6.45) is 1.43. The van der Waals surface area contributed by atoms with E-state index in [1.807, 2.05) is 0 Å². The maximum atomic E-state index is 12.9. The van der Waals surface area contributed by atoms with E-state index in [4.69, 9.17) is 14.2 Å². The van der Waals surface area contributed by atoms with Crippen molar-refractivity contribution < 1.29 is 23.8 Å². The highest BCUT2D eigenvalue weighted by atomic mass is 16.7.